The number of anilines is 1. The molecule has 0 bridgehead atoms. The van der Waals surface area contributed by atoms with Crippen molar-refractivity contribution in [2.75, 3.05) is 17.7 Å². The van der Waals surface area contributed by atoms with Gasteiger partial charge >= 0.3 is 5.97 Å². The largest absolute Gasteiger partial charge is 0.489 e. The molecule has 2 heterocycles. The van der Waals surface area contributed by atoms with Crippen molar-refractivity contribution in [3.05, 3.63) is 87.6 Å². The van der Waals surface area contributed by atoms with Gasteiger partial charge < -0.3 is 14.8 Å². The van der Waals surface area contributed by atoms with Gasteiger partial charge in [0.2, 0.25) is 11.1 Å². The van der Waals surface area contributed by atoms with Crippen molar-refractivity contribution in [1.82, 2.24) is 14.8 Å². The van der Waals surface area contributed by atoms with E-state index in [0.717, 1.165) is 23.3 Å². The Morgan fingerprint density at radius 3 is 2.72 bits per heavy atom. The van der Waals surface area contributed by atoms with Gasteiger partial charge in [0.15, 0.2) is 0 Å². The molecule has 1 atom stereocenters. The van der Waals surface area contributed by atoms with Crippen molar-refractivity contribution in [3.63, 3.8) is 0 Å². The van der Waals surface area contributed by atoms with E-state index in [4.69, 9.17) is 37.8 Å². The highest BCUT2D eigenvalue weighted by Gasteiger charge is 2.35. The van der Waals surface area contributed by atoms with Gasteiger partial charge in [-0.2, -0.15) is 4.98 Å². The summed E-state index contributed by atoms with van der Waals surface area (Å²) in [5.41, 5.74) is 2.80. The SMILES string of the molecule is C=CCOC(=O)C1=C(C)Nc2nc(SCCC)nn2C1c1ccc(OCc2ccc(Cl)cc2Cl)cc1. The second kappa shape index (κ2) is 11.9. The maximum atomic E-state index is 13.0. The standard InChI is InChI=1S/C26H26Cl2N4O3S/c1-4-12-34-24(33)22-16(3)29-25-30-26(36-13-5-2)31-32(25)23(22)17-7-10-20(11-8-17)35-15-18-6-9-19(27)14-21(18)28/h4,6-11,14,23H,1,5,12-13,15H2,2-3H3,(H,29,30,31). The number of thioether (sulfide) groups is 1. The van der Waals surface area contributed by atoms with Crippen LogP contribution in [0.1, 0.15) is 37.4 Å². The lowest BCUT2D eigenvalue weighted by atomic mass is 9.96. The molecule has 1 N–H and O–H groups in total. The molecule has 36 heavy (non-hydrogen) atoms. The third-order valence-corrected chi connectivity index (χ3v) is 7.06. The van der Waals surface area contributed by atoms with E-state index >= 15 is 0 Å². The van der Waals surface area contributed by atoms with Crippen LogP contribution in [0, 0.1) is 0 Å². The minimum absolute atomic E-state index is 0.115. The van der Waals surface area contributed by atoms with Crippen LogP contribution in [0.3, 0.4) is 0 Å². The number of ether oxygens (including phenoxy) is 2. The Labute approximate surface area is 224 Å². The van der Waals surface area contributed by atoms with Gasteiger partial charge in [-0.05, 0) is 43.2 Å². The van der Waals surface area contributed by atoms with Gasteiger partial charge in [-0.1, -0.05) is 72.7 Å². The van der Waals surface area contributed by atoms with Crippen molar-refractivity contribution >= 4 is 46.9 Å². The smallest absolute Gasteiger partial charge is 0.338 e. The van der Waals surface area contributed by atoms with Crippen molar-refractivity contribution in [1.29, 1.82) is 0 Å². The Balaban J connectivity index is 1.62. The number of carbonyl (C=O) groups excluding carboxylic acids is 1. The lowest BCUT2D eigenvalue weighted by Crippen LogP contribution is -2.29. The predicted octanol–water partition coefficient (Wildman–Crippen LogP) is 6.68. The van der Waals surface area contributed by atoms with Crippen molar-refractivity contribution in [2.24, 2.45) is 0 Å². The number of halogens is 2. The zero-order valence-electron chi connectivity index (χ0n) is 20.0. The number of fused-ring (bicyclic) bond motifs is 1. The highest BCUT2D eigenvalue weighted by atomic mass is 35.5. The summed E-state index contributed by atoms with van der Waals surface area (Å²) in [5, 5.41) is 9.67. The zero-order valence-corrected chi connectivity index (χ0v) is 22.3. The number of aromatic nitrogens is 3. The van der Waals surface area contributed by atoms with Crippen LogP contribution in [0.4, 0.5) is 5.95 Å². The van der Waals surface area contributed by atoms with Gasteiger partial charge in [0, 0.05) is 27.1 Å². The molecule has 1 unspecified atom stereocenters. The van der Waals surface area contributed by atoms with E-state index in [1.54, 1.807) is 34.7 Å². The molecule has 0 spiro atoms. The Morgan fingerprint density at radius 2 is 2.03 bits per heavy atom. The lowest BCUT2D eigenvalue weighted by Gasteiger charge is -2.28. The first-order chi connectivity index (χ1) is 17.4. The van der Waals surface area contributed by atoms with Gasteiger partial charge in [0.25, 0.3) is 0 Å². The molecule has 0 saturated carbocycles. The normalized spacial score (nSPS) is 14.7. The molecule has 0 radical (unpaired) electrons. The third kappa shape index (κ3) is 5.88. The Hall–Kier alpha value is -2.94. The first kappa shape index (κ1) is 26.1. The minimum Gasteiger partial charge on any atom is -0.489 e. The molecular formula is C26H26Cl2N4O3S. The molecule has 0 aliphatic carbocycles. The molecule has 1 aliphatic rings. The molecule has 10 heteroatoms. The van der Waals surface area contributed by atoms with Gasteiger partial charge in [0.05, 0.1) is 5.57 Å². The summed E-state index contributed by atoms with van der Waals surface area (Å²) >= 11 is 13.8. The van der Waals surface area contributed by atoms with Gasteiger partial charge in [-0.25, -0.2) is 9.48 Å². The van der Waals surface area contributed by atoms with Crippen molar-refractivity contribution in [3.8, 4) is 5.75 Å². The Morgan fingerprint density at radius 1 is 1.25 bits per heavy atom. The Kier molecular flexibility index (Phi) is 8.61. The first-order valence-corrected chi connectivity index (χ1v) is 13.2. The average Bonchev–Trinajstić information content (AvgIpc) is 3.27. The number of allylic oxidation sites excluding steroid dienone is 1. The second-order valence-corrected chi connectivity index (χ2v) is 9.96. The molecule has 0 fully saturated rings. The summed E-state index contributed by atoms with van der Waals surface area (Å²) in [6.45, 7) is 7.99. The quantitative estimate of drug-likeness (QED) is 0.173. The summed E-state index contributed by atoms with van der Waals surface area (Å²) in [6.07, 6.45) is 2.54. The third-order valence-electron chi connectivity index (χ3n) is 5.43. The fourth-order valence-corrected chi connectivity index (χ4v) is 4.86. The molecule has 1 aliphatic heterocycles. The number of hydrogen-bond donors (Lipinski definition) is 1. The summed E-state index contributed by atoms with van der Waals surface area (Å²) < 4.78 is 13.1. The maximum Gasteiger partial charge on any atom is 0.338 e. The Bertz CT molecular complexity index is 1290. The molecule has 2 aromatic carbocycles. The van der Waals surface area contributed by atoms with Crippen LogP contribution in [-0.2, 0) is 16.1 Å². The van der Waals surface area contributed by atoms with E-state index in [2.05, 4.69) is 23.8 Å². The second-order valence-electron chi connectivity index (χ2n) is 8.06. The summed E-state index contributed by atoms with van der Waals surface area (Å²) in [4.78, 5) is 17.7. The topological polar surface area (TPSA) is 78.3 Å². The zero-order chi connectivity index (χ0) is 25.7. The molecule has 0 amide bonds. The van der Waals surface area contributed by atoms with Crippen LogP contribution >= 0.6 is 35.0 Å². The van der Waals surface area contributed by atoms with Crippen LogP contribution in [0.25, 0.3) is 0 Å². The van der Waals surface area contributed by atoms with E-state index in [-0.39, 0.29) is 6.61 Å². The van der Waals surface area contributed by atoms with Gasteiger partial charge in [0.1, 0.15) is 25.0 Å². The van der Waals surface area contributed by atoms with E-state index in [1.807, 2.05) is 37.3 Å². The number of benzene rings is 2. The molecule has 1 aromatic heterocycles. The van der Waals surface area contributed by atoms with E-state index in [9.17, 15) is 4.79 Å². The monoisotopic (exact) mass is 544 g/mol. The van der Waals surface area contributed by atoms with Crippen molar-refractivity contribution < 1.29 is 14.3 Å². The molecule has 7 nitrogen and oxygen atoms in total. The number of rotatable bonds is 10. The van der Waals surface area contributed by atoms with Crippen LogP contribution in [0.5, 0.6) is 5.75 Å². The van der Waals surface area contributed by atoms with E-state index in [0.29, 0.717) is 44.8 Å². The maximum absolute atomic E-state index is 13.0. The van der Waals surface area contributed by atoms with Crippen molar-refractivity contribution in [2.45, 2.75) is 38.1 Å². The number of nitrogens with zero attached hydrogens (tertiary/aromatic N) is 3. The number of esters is 1. The summed E-state index contributed by atoms with van der Waals surface area (Å²) in [7, 11) is 0. The highest BCUT2D eigenvalue weighted by molar-refractivity contribution is 7.99. The summed E-state index contributed by atoms with van der Waals surface area (Å²) in [6, 6.07) is 12.3. The minimum atomic E-state index is -0.512. The fourth-order valence-electron chi connectivity index (χ4n) is 3.72. The molecule has 4 rings (SSSR count). The van der Waals surface area contributed by atoms with Crippen LogP contribution < -0.4 is 10.1 Å². The molecule has 0 saturated heterocycles. The van der Waals surface area contributed by atoms with Crippen LogP contribution in [0.15, 0.2) is 71.5 Å². The highest BCUT2D eigenvalue weighted by Crippen LogP contribution is 2.37. The predicted molar refractivity (Wildman–Crippen MR) is 144 cm³/mol. The van der Waals surface area contributed by atoms with E-state index < -0.39 is 12.0 Å². The summed E-state index contributed by atoms with van der Waals surface area (Å²) in [5.74, 6) is 1.70. The first-order valence-electron chi connectivity index (χ1n) is 11.4. The number of nitrogens with one attached hydrogen (secondary N) is 1. The van der Waals surface area contributed by atoms with Crippen LogP contribution in [0.2, 0.25) is 10.0 Å². The van der Waals surface area contributed by atoms with Gasteiger partial charge in [-0.15, -0.1) is 5.10 Å². The average molecular weight is 545 g/mol. The number of hydrogen-bond acceptors (Lipinski definition) is 7. The van der Waals surface area contributed by atoms with E-state index in [1.165, 1.54) is 0 Å². The number of carbonyl (C=O) groups is 1. The lowest BCUT2D eigenvalue weighted by molar-refractivity contribution is -0.138. The van der Waals surface area contributed by atoms with Gasteiger partial charge in [-0.3, -0.25) is 0 Å². The fraction of sp³-hybridized carbons (Fsp3) is 0.269. The van der Waals surface area contributed by atoms with Crippen LogP contribution in [-0.4, -0.2) is 33.1 Å². The molecule has 188 valence electrons. The molecule has 3 aromatic rings. The molecular weight excluding hydrogens is 519 g/mol.